The van der Waals surface area contributed by atoms with E-state index in [1.807, 2.05) is 35.3 Å². The van der Waals surface area contributed by atoms with Gasteiger partial charge in [-0.05, 0) is 25.0 Å². The highest BCUT2D eigenvalue weighted by atomic mass is 16.2. The molecular formula is C12H16N2O. The molecule has 1 aliphatic rings. The van der Waals surface area contributed by atoms with Crippen molar-refractivity contribution in [2.24, 2.45) is 5.92 Å². The van der Waals surface area contributed by atoms with Crippen LogP contribution in [0.25, 0.3) is 0 Å². The Morgan fingerprint density at radius 1 is 1.40 bits per heavy atom. The van der Waals surface area contributed by atoms with Crippen LogP contribution in [0.1, 0.15) is 19.8 Å². The van der Waals surface area contributed by atoms with E-state index in [-0.39, 0.29) is 11.8 Å². The molecule has 0 saturated carbocycles. The summed E-state index contributed by atoms with van der Waals surface area (Å²) in [5.41, 5.74) is 3.98. The molecule has 1 fully saturated rings. The van der Waals surface area contributed by atoms with Crippen molar-refractivity contribution in [3.05, 3.63) is 30.3 Å². The van der Waals surface area contributed by atoms with Gasteiger partial charge in [-0.2, -0.15) is 0 Å². The van der Waals surface area contributed by atoms with Gasteiger partial charge in [0.1, 0.15) is 0 Å². The molecule has 1 aromatic rings. The molecule has 1 N–H and O–H groups in total. The smallest absolute Gasteiger partial charge is 0.241 e. The van der Waals surface area contributed by atoms with Gasteiger partial charge in [-0.15, -0.1) is 0 Å². The molecule has 1 amide bonds. The second kappa shape index (κ2) is 4.34. The number of benzene rings is 1. The first-order valence-electron chi connectivity index (χ1n) is 5.44. The number of hydrogen-bond acceptors (Lipinski definition) is 2. The van der Waals surface area contributed by atoms with Crippen LogP contribution < -0.4 is 10.4 Å². The summed E-state index contributed by atoms with van der Waals surface area (Å²) in [5, 5.41) is 1.93. The van der Waals surface area contributed by atoms with Crippen LogP contribution in [0, 0.1) is 5.92 Å². The second-order valence-electron chi connectivity index (χ2n) is 3.86. The van der Waals surface area contributed by atoms with E-state index >= 15 is 0 Å². The lowest BCUT2D eigenvalue weighted by molar-refractivity contribution is -0.126. The molecule has 0 aliphatic carbocycles. The van der Waals surface area contributed by atoms with Crippen LogP contribution in [0.2, 0.25) is 0 Å². The Hall–Kier alpha value is -1.51. The van der Waals surface area contributed by atoms with Gasteiger partial charge >= 0.3 is 0 Å². The number of rotatable bonds is 2. The molecule has 0 spiro atoms. The van der Waals surface area contributed by atoms with Gasteiger partial charge in [0.05, 0.1) is 5.69 Å². The van der Waals surface area contributed by atoms with Gasteiger partial charge in [-0.3, -0.25) is 15.2 Å². The maximum Gasteiger partial charge on any atom is 0.241 e. The number of anilines is 1. The first kappa shape index (κ1) is 10.0. The summed E-state index contributed by atoms with van der Waals surface area (Å²) in [6.07, 6.45) is 1.87. The fourth-order valence-corrected chi connectivity index (χ4v) is 1.89. The maximum absolute atomic E-state index is 11.7. The quantitative estimate of drug-likeness (QED) is 0.798. The van der Waals surface area contributed by atoms with Crippen molar-refractivity contribution < 1.29 is 4.79 Å². The van der Waals surface area contributed by atoms with E-state index in [0.29, 0.717) is 0 Å². The number of carbonyl (C=O) groups is 1. The first-order chi connectivity index (χ1) is 7.31. The van der Waals surface area contributed by atoms with Gasteiger partial charge in [0, 0.05) is 12.5 Å². The van der Waals surface area contributed by atoms with Crippen molar-refractivity contribution in [3.63, 3.8) is 0 Å². The second-order valence-corrected chi connectivity index (χ2v) is 3.86. The van der Waals surface area contributed by atoms with Crippen molar-refractivity contribution in [3.8, 4) is 0 Å². The van der Waals surface area contributed by atoms with E-state index in [0.717, 1.165) is 25.1 Å². The van der Waals surface area contributed by atoms with Gasteiger partial charge < -0.3 is 0 Å². The van der Waals surface area contributed by atoms with Crippen molar-refractivity contribution in [2.75, 3.05) is 11.6 Å². The summed E-state index contributed by atoms with van der Waals surface area (Å²) < 4.78 is 0. The average molecular weight is 204 g/mol. The Kier molecular flexibility index (Phi) is 2.90. The lowest BCUT2D eigenvalue weighted by Crippen LogP contribution is -2.51. The SMILES string of the molecule is CCC1CCN(c2ccccc2)NC1=O. The monoisotopic (exact) mass is 204 g/mol. The average Bonchev–Trinajstić information content (AvgIpc) is 2.30. The number of hydrogen-bond donors (Lipinski definition) is 1. The fourth-order valence-electron chi connectivity index (χ4n) is 1.89. The fraction of sp³-hybridized carbons (Fsp3) is 0.417. The minimum absolute atomic E-state index is 0.146. The molecule has 0 aromatic heterocycles. The largest absolute Gasteiger partial charge is 0.286 e. The van der Waals surface area contributed by atoms with Crippen LogP contribution in [0.3, 0.4) is 0 Å². The van der Waals surface area contributed by atoms with E-state index in [1.54, 1.807) is 0 Å². The first-order valence-corrected chi connectivity index (χ1v) is 5.44. The topological polar surface area (TPSA) is 32.3 Å². The Labute approximate surface area is 90.1 Å². The minimum atomic E-state index is 0.146. The molecule has 1 saturated heterocycles. The van der Waals surface area contributed by atoms with Crippen LogP contribution in [0.5, 0.6) is 0 Å². The molecule has 3 nitrogen and oxygen atoms in total. The molecule has 80 valence electrons. The molecule has 3 heteroatoms. The highest BCUT2D eigenvalue weighted by Crippen LogP contribution is 2.19. The van der Waals surface area contributed by atoms with Gasteiger partial charge in [0.2, 0.25) is 5.91 Å². The molecule has 1 aromatic carbocycles. The van der Waals surface area contributed by atoms with E-state index in [4.69, 9.17) is 0 Å². The summed E-state index contributed by atoms with van der Waals surface area (Å²) in [6, 6.07) is 9.95. The summed E-state index contributed by atoms with van der Waals surface area (Å²) >= 11 is 0. The van der Waals surface area contributed by atoms with E-state index in [1.165, 1.54) is 0 Å². The predicted octanol–water partition coefficient (Wildman–Crippen LogP) is 1.95. The van der Waals surface area contributed by atoms with Crippen LogP contribution in [0.4, 0.5) is 5.69 Å². The molecule has 1 heterocycles. The molecule has 1 atom stereocenters. The zero-order chi connectivity index (χ0) is 10.7. The molecule has 0 bridgehead atoms. The standard InChI is InChI=1S/C12H16N2O/c1-2-10-8-9-14(13-12(10)15)11-6-4-3-5-7-11/h3-7,10H,2,8-9H2,1H3,(H,13,15). The minimum Gasteiger partial charge on any atom is -0.286 e. The molecule has 1 unspecified atom stereocenters. The van der Waals surface area contributed by atoms with E-state index in [9.17, 15) is 4.79 Å². The Bertz CT molecular complexity index is 337. The summed E-state index contributed by atoms with van der Waals surface area (Å²) in [4.78, 5) is 11.7. The number of para-hydroxylation sites is 1. The van der Waals surface area contributed by atoms with E-state index in [2.05, 4.69) is 12.3 Å². The van der Waals surface area contributed by atoms with Crippen LogP contribution >= 0.6 is 0 Å². The number of hydrazine groups is 1. The predicted molar refractivity (Wildman–Crippen MR) is 60.3 cm³/mol. The summed E-state index contributed by atoms with van der Waals surface area (Å²) in [6.45, 7) is 2.96. The van der Waals surface area contributed by atoms with Gasteiger partial charge in [-0.25, -0.2) is 0 Å². The molecular weight excluding hydrogens is 188 g/mol. The Balaban J connectivity index is 2.06. The summed E-state index contributed by atoms with van der Waals surface area (Å²) in [5.74, 6) is 0.331. The third kappa shape index (κ3) is 2.12. The normalized spacial score (nSPS) is 21.3. The van der Waals surface area contributed by atoms with Crippen LogP contribution in [-0.4, -0.2) is 12.5 Å². The third-order valence-corrected chi connectivity index (χ3v) is 2.88. The highest BCUT2D eigenvalue weighted by molar-refractivity contribution is 5.81. The Morgan fingerprint density at radius 2 is 2.13 bits per heavy atom. The number of nitrogens with zero attached hydrogens (tertiary/aromatic N) is 1. The molecule has 1 aliphatic heterocycles. The number of nitrogens with one attached hydrogen (secondary N) is 1. The van der Waals surface area contributed by atoms with Crippen LogP contribution in [0.15, 0.2) is 30.3 Å². The highest BCUT2D eigenvalue weighted by Gasteiger charge is 2.24. The zero-order valence-corrected chi connectivity index (χ0v) is 8.94. The molecule has 2 rings (SSSR count). The third-order valence-electron chi connectivity index (χ3n) is 2.88. The lowest BCUT2D eigenvalue weighted by Gasteiger charge is -2.33. The van der Waals surface area contributed by atoms with Crippen molar-refractivity contribution in [1.29, 1.82) is 0 Å². The maximum atomic E-state index is 11.7. The van der Waals surface area contributed by atoms with E-state index < -0.39 is 0 Å². The zero-order valence-electron chi connectivity index (χ0n) is 8.94. The number of carbonyl (C=O) groups excluding carboxylic acids is 1. The number of amides is 1. The summed E-state index contributed by atoms with van der Waals surface area (Å²) in [7, 11) is 0. The lowest BCUT2D eigenvalue weighted by atomic mass is 10.00. The van der Waals surface area contributed by atoms with Gasteiger partial charge in [0.25, 0.3) is 0 Å². The van der Waals surface area contributed by atoms with Crippen molar-refractivity contribution in [1.82, 2.24) is 5.43 Å². The molecule has 0 radical (unpaired) electrons. The van der Waals surface area contributed by atoms with Gasteiger partial charge in [-0.1, -0.05) is 25.1 Å². The van der Waals surface area contributed by atoms with Crippen molar-refractivity contribution in [2.45, 2.75) is 19.8 Å². The van der Waals surface area contributed by atoms with Crippen LogP contribution in [-0.2, 0) is 4.79 Å². The van der Waals surface area contributed by atoms with Crippen molar-refractivity contribution >= 4 is 11.6 Å². The van der Waals surface area contributed by atoms with Gasteiger partial charge in [0.15, 0.2) is 0 Å². The molecule has 15 heavy (non-hydrogen) atoms. The Morgan fingerprint density at radius 3 is 2.73 bits per heavy atom.